The van der Waals surface area contributed by atoms with E-state index in [2.05, 4.69) is 28.3 Å². The summed E-state index contributed by atoms with van der Waals surface area (Å²) < 4.78 is 5.16. The summed E-state index contributed by atoms with van der Waals surface area (Å²) in [5.41, 5.74) is 8.87. The number of benzene rings is 2. The van der Waals surface area contributed by atoms with E-state index in [-0.39, 0.29) is 12.2 Å². The molecule has 3 rings (SSSR count). The van der Waals surface area contributed by atoms with Gasteiger partial charge in [0.15, 0.2) is 0 Å². The van der Waals surface area contributed by atoms with Crippen LogP contribution < -0.4 is 20.9 Å². The van der Waals surface area contributed by atoms with E-state index in [1.807, 2.05) is 36.4 Å². The van der Waals surface area contributed by atoms with Crippen LogP contribution in [0.1, 0.15) is 18.0 Å². The third kappa shape index (κ3) is 3.47. The zero-order chi connectivity index (χ0) is 14.7. The van der Waals surface area contributed by atoms with E-state index in [9.17, 15) is 0 Å². The Balaban J connectivity index is 1.60. The molecule has 5 heteroatoms. The molecular formula is C16H18ClN3O. The van der Waals surface area contributed by atoms with Crippen molar-refractivity contribution < 1.29 is 4.74 Å². The van der Waals surface area contributed by atoms with Gasteiger partial charge in [0.1, 0.15) is 5.75 Å². The molecule has 0 spiro atoms. The summed E-state index contributed by atoms with van der Waals surface area (Å²) in [6.07, 6.45) is 1.13. The molecule has 2 unspecified atom stereocenters. The molecule has 110 valence electrons. The van der Waals surface area contributed by atoms with Crippen LogP contribution >= 0.6 is 11.6 Å². The average Bonchev–Trinajstić information content (AvgIpc) is 2.97. The number of rotatable bonds is 4. The maximum atomic E-state index is 5.92. The van der Waals surface area contributed by atoms with E-state index >= 15 is 0 Å². The van der Waals surface area contributed by atoms with Gasteiger partial charge in [-0.2, -0.15) is 0 Å². The Labute approximate surface area is 129 Å². The minimum absolute atomic E-state index is 0.180. The maximum Gasteiger partial charge on any atom is 0.119 e. The smallest absolute Gasteiger partial charge is 0.119 e. The Morgan fingerprint density at radius 1 is 1.05 bits per heavy atom. The van der Waals surface area contributed by atoms with Gasteiger partial charge < -0.3 is 10.1 Å². The van der Waals surface area contributed by atoms with Gasteiger partial charge in [0.2, 0.25) is 0 Å². The molecule has 2 aromatic rings. The van der Waals surface area contributed by atoms with E-state index in [0.717, 1.165) is 22.9 Å². The van der Waals surface area contributed by atoms with E-state index in [1.54, 1.807) is 7.11 Å². The number of halogens is 1. The molecule has 1 aliphatic heterocycles. The predicted octanol–water partition coefficient (Wildman–Crippen LogP) is 3.33. The lowest BCUT2D eigenvalue weighted by molar-refractivity contribution is 0.415. The van der Waals surface area contributed by atoms with Crippen LogP contribution in [-0.2, 0) is 0 Å². The average molecular weight is 304 g/mol. The molecule has 1 fully saturated rings. The minimum atomic E-state index is 0.180. The largest absolute Gasteiger partial charge is 0.497 e. The molecule has 21 heavy (non-hydrogen) atoms. The zero-order valence-corrected chi connectivity index (χ0v) is 12.5. The van der Waals surface area contributed by atoms with Crippen molar-refractivity contribution in [2.75, 3.05) is 12.4 Å². The molecule has 4 nitrogen and oxygen atoms in total. The fourth-order valence-electron chi connectivity index (χ4n) is 2.45. The van der Waals surface area contributed by atoms with E-state index in [0.29, 0.717) is 0 Å². The van der Waals surface area contributed by atoms with E-state index in [4.69, 9.17) is 16.3 Å². The molecule has 1 saturated heterocycles. The Morgan fingerprint density at radius 2 is 1.76 bits per heavy atom. The van der Waals surface area contributed by atoms with Crippen LogP contribution in [0.25, 0.3) is 0 Å². The maximum absolute atomic E-state index is 5.92. The summed E-state index contributed by atoms with van der Waals surface area (Å²) in [4.78, 5) is 0. The number of hydrogen-bond acceptors (Lipinski definition) is 4. The van der Waals surface area contributed by atoms with Crippen LogP contribution in [0.2, 0.25) is 5.02 Å². The normalized spacial score (nSPS) is 21.2. The van der Waals surface area contributed by atoms with Crippen molar-refractivity contribution in [2.45, 2.75) is 18.6 Å². The SMILES string of the molecule is COc1ccc(NC2CC(c3ccc(Cl)cc3)NN2)cc1. The Bertz CT molecular complexity index is 585. The quantitative estimate of drug-likeness (QED) is 0.811. The number of methoxy groups -OCH3 is 1. The molecule has 1 heterocycles. The zero-order valence-electron chi connectivity index (χ0n) is 11.8. The van der Waals surface area contributed by atoms with Gasteiger partial charge in [0.25, 0.3) is 0 Å². The first-order chi connectivity index (χ1) is 10.2. The number of ether oxygens (including phenoxy) is 1. The van der Waals surface area contributed by atoms with Crippen molar-refractivity contribution in [2.24, 2.45) is 0 Å². The summed E-state index contributed by atoms with van der Waals surface area (Å²) in [6.45, 7) is 0. The molecule has 0 radical (unpaired) electrons. The van der Waals surface area contributed by atoms with E-state index < -0.39 is 0 Å². The Kier molecular flexibility index (Phi) is 4.29. The highest BCUT2D eigenvalue weighted by molar-refractivity contribution is 6.30. The van der Waals surface area contributed by atoms with Crippen LogP contribution in [-0.4, -0.2) is 13.3 Å². The lowest BCUT2D eigenvalue weighted by Gasteiger charge is -2.14. The van der Waals surface area contributed by atoms with Gasteiger partial charge in [-0.1, -0.05) is 23.7 Å². The van der Waals surface area contributed by atoms with Gasteiger partial charge in [-0.15, -0.1) is 0 Å². The number of nitrogens with one attached hydrogen (secondary N) is 3. The van der Waals surface area contributed by atoms with Gasteiger partial charge in [-0.25, -0.2) is 10.9 Å². The van der Waals surface area contributed by atoms with Crippen molar-refractivity contribution >= 4 is 17.3 Å². The van der Waals surface area contributed by atoms with Crippen LogP contribution in [0.4, 0.5) is 5.69 Å². The summed E-state index contributed by atoms with van der Waals surface area (Å²) in [6, 6.07) is 16.1. The predicted molar refractivity (Wildman–Crippen MR) is 85.5 cm³/mol. The van der Waals surface area contributed by atoms with Gasteiger partial charge in [-0.3, -0.25) is 0 Å². The van der Waals surface area contributed by atoms with Gasteiger partial charge in [-0.05, 0) is 42.0 Å². The molecule has 2 atom stereocenters. The molecular weight excluding hydrogens is 286 g/mol. The minimum Gasteiger partial charge on any atom is -0.497 e. The van der Waals surface area contributed by atoms with E-state index in [1.165, 1.54) is 5.56 Å². The highest BCUT2D eigenvalue weighted by Crippen LogP contribution is 2.25. The van der Waals surface area contributed by atoms with Gasteiger partial charge in [0.05, 0.1) is 13.3 Å². The third-order valence-corrected chi connectivity index (χ3v) is 3.86. The standard InChI is InChI=1S/C16H18ClN3O/c1-21-14-8-6-13(7-9-14)18-16-10-15(19-20-16)11-2-4-12(17)5-3-11/h2-9,15-16,18-20H,10H2,1H3. The first kappa shape index (κ1) is 14.2. The Morgan fingerprint density at radius 3 is 2.43 bits per heavy atom. The van der Waals surface area contributed by atoms with Crippen LogP contribution in [0, 0.1) is 0 Å². The molecule has 0 aliphatic carbocycles. The van der Waals surface area contributed by atoms with Crippen LogP contribution in [0.15, 0.2) is 48.5 Å². The second-order valence-corrected chi connectivity index (χ2v) is 5.49. The number of hydrogen-bond donors (Lipinski definition) is 3. The highest BCUT2D eigenvalue weighted by atomic mass is 35.5. The second kappa shape index (κ2) is 6.35. The third-order valence-electron chi connectivity index (χ3n) is 3.61. The van der Waals surface area contributed by atoms with Crippen molar-refractivity contribution in [3.05, 3.63) is 59.1 Å². The molecule has 3 N–H and O–H groups in total. The van der Waals surface area contributed by atoms with Crippen molar-refractivity contribution in [3.63, 3.8) is 0 Å². The van der Waals surface area contributed by atoms with Gasteiger partial charge >= 0.3 is 0 Å². The fraction of sp³-hybridized carbons (Fsp3) is 0.250. The second-order valence-electron chi connectivity index (χ2n) is 5.05. The first-order valence-electron chi connectivity index (χ1n) is 6.92. The molecule has 0 bridgehead atoms. The summed E-state index contributed by atoms with van der Waals surface area (Å²) in [5, 5.41) is 4.21. The van der Waals surface area contributed by atoms with Crippen molar-refractivity contribution in [3.8, 4) is 5.75 Å². The highest BCUT2D eigenvalue weighted by Gasteiger charge is 2.24. The van der Waals surface area contributed by atoms with Crippen LogP contribution in [0.5, 0.6) is 5.75 Å². The summed E-state index contributed by atoms with van der Waals surface area (Å²) in [7, 11) is 1.67. The molecule has 0 amide bonds. The molecule has 0 saturated carbocycles. The lowest BCUT2D eigenvalue weighted by atomic mass is 10.0. The first-order valence-corrected chi connectivity index (χ1v) is 7.29. The summed E-state index contributed by atoms with van der Waals surface area (Å²) in [5.74, 6) is 0.858. The van der Waals surface area contributed by atoms with Crippen molar-refractivity contribution in [1.29, 1.82) is 0 Å². The summed E-state index contributed by atoms with van der Waals surface area (Å²) >= 11 is 5.92. The monoisotopic (exact) mass is 303 g/mol. The fourth-order valence-corrected chi connectivity index (χ4v) is 2.58. The topological polar surface area (TPSA) is 45.3 Å². The number of hydrazine groups is 1. The Hall–Kier alpha value is -1.75. The molecule has 0 aromatic heterocycles. The van der Waals surface area contributed by atoms with Crippen molar-refractivity contribution in [1.82, 2.24) is 10.9 Å². The molecule has 2 aromatic carbocycles. The number of anilines is 1. The molecule has 1 aliphatic rings. The van der Waals surface area contributed by atoms with Crippen LogP contribution in [0.3, 0.4) is 0 Å². The lowest BCUT2D eigenvalue weighted by Crippen LogP contribution is -2.35. The van der Waals surface area contributed by atoms with Gasteiger partial charge in [0, 0.05) is 23.2 Å².